The third-order valence-corrected chi connectivity index (χ3v) is 2.21. The summed E-state index contributed by atoms with van der Waals surface area (Å²) in [5, 5.41) is 0.582. The number of rotatable bonds is 3. The molecule has 0 saturated heterocycles. The molecule has 0 aliphatic rings. The molecule has 3 heteroatoms. The van der Waals surface area contributed by atoms with Gasteiger partial charge in [-0.05, 0) is 0 Å². The van der Waals surface area contributed by atoms with Crippen LogP contribution < -0.4 is 5.73 Å². The summed E-state index contributed by atoms with van der Waals surface area (Å²) in [4.78, 5) is 11.1. The third kappa shape index (κ3) is 3.90. The van der Waals surface area contributed by atoms with Crippen LogP contribution in [0.25, 0.3) is 0 Å². The fraction of sp³-hybridized carbons (Fsp3) is 0.857. The molecule has 0 bridgehead atoms. The molecule has 0 amide bonds. The molecular formula is C7H15NOS. The van der Waals surface area contributed by atoms with Crippen LogP contribution in [0.2, 0.25) is 0 Å². The molecule has 0 aliphatic carbocycles. The summed E-state index contributed by atoms with van der Waals surface area (Å²) in [5.74, 6) is 0.00685. The molecule has 0 heterocycles. The molecule has 60 valence electrons. The number of hydrogen-bond donors (Lipinski definition) is 1. The molecule has 1 unspecified atom stereocenters. The fourth-order valence-electron chi connectivity index (χ4n) is 0.445. The number of carbonyl (C=O) groups is 1. The summed E-state index contributed by atoms with van der Waals surface area (Å²) < 4.78 is 0. The first-order valence-corrected chi connectivity index (χ1v) is 4.36. The van der Waals surface area contributed by atoms with Crippen molar-refractivity contribution in [1.82, 2.24) is 0 Å². The Labute approximate surface area is 66.6 Å². The molecule has 0 aliphatic heterocycles. The van der Waals surface area contributed by atoms with Gasteiger partial charge in [-0.3, -0.25) is 4.79 Å². The van der Waals surface area contributed by atoms with Crippen molar-refractivity contribution in [3.8, 4) is 0 Å². The molecule has 0 radical (unpaired) electrons. The van der Waals surface area contributed by atoms with E-state index in [1.54, 1.807) is 0 Å². The molecule has 0 fully saturated rings. The van der Waals surface area contributed by atoms with Crippen LogP contribution in [-0.2, 0) is 4.79 Å². The first-order valence-electron chi connectivity index (χ1n) is 3.48. The lowest BCUT2D eigenvalue weighted by molar-refractivity contribution is -0.113. The van der Waals surface area contributed by atoms with Gasteiger partial charge in [0, 0.05) is 17.7 Å². The van der Waals surface area contributed by atoms with E-state index in [4.69, 9.17) is 5.73 Å². The first kappa shape index (κ1) is 9.98. The lowest BCUT2D eigenvalue weighted by Crippen LogP contribution is -2.19. The molecule has 10 heavy (non-hydrogen) atoms. The van der Waals surface area contributed by atoms with E-state index in [1.165, 1.54) is 11.8 Å². The number of carbonyl (C=O) groups excluding carboxylic acids is 1. The Bertz CT molecular complexity index is 114. The van der Waals surface area contributed by atoms with Gasteiger partial charge in [0.2, 0.25) is 0 Å². The van der Waals surface area contributed by atoms with Gasteiger partial charge in [0.25, 0.3) is 0 Å². The van der Waals surface area contributed by atoms with Gasteiger partial charge in [0.15, 0.2) is 5.12 Å². The molecule has 0 aromatic heterocycles. The Balaban J connectivity index is 3.62. The zero-order valence-electron chi connectivity index (χ0n) is 6.76. The van der Waals surface area contributed by atoms with Gasteiger partial charge < -0.3 is 5.73 Å². The van der Waals surface area contributed by atoms with Crippen molar-refractivity contribution in [2.24, 2.45) is 11.7 Å². The van der Waals surface area contributed by atoms with Crippen molar-refractivity contribution in [3.63, 3.8) is 0 Å². The highest BCUT2D eigenvalue weighted by Gasteiger charge is 2.12. The van der Waals surface area contributed by atoms with E-state index in [1.807, 2.05) is 20.8 Å². The molecule has 0 spiro atoms. The Morgan fingerprint density at radius 3 is 2.30 bits per heavy atom. The van der Waals surface area contributed by atoms with E-state index in [2.05, 4.69) is 0 Å². The lowest BCUT2D eigenvalue weighted by atomic mass is 10.2. The SMILES string of the molecule is CC(C)SC(=O)C(C)CN. The minimum Gasteiger partial charge on any atom is -0.330 e. The van der Waals surface area contributed by atoms with Crippen LogP contribution in [0.15, 0.2) is 0 Å². The lowest BCUT2D eigenvalue weighted by Gasteiger charge is -2.07. The molecule has 2 N–H and O–H groups in total. The van der Waals surface area contributed by atoms with Crippen molar-refractivity contribution in [3.05, 3.63) is 0 Å². The minimum atomic E-state index is 0.00685. The summed E-state index contributed by atoms with van der Waals surface area (Å²) in [5.41, 5.74) is 5.31. The maximum atomic E-state index is 11.1. The van der Waals surface area contributed by atoms with Gasteiger partial charge >= 0.3 is 0 Å². The smallest absolute Gasteiger partial charge is 0.193 e. The second kappa shape index (κ2) is 4.74. The van der Waals surface area contributed by atoms with Crippen molar-refractivity contribution in [2.75, 3.05) is 6.54 Å². The van der Waals surface area contributed by atoms with Crippen LogP contribution in [0.4, 0.5) is 0 Å². The second-order valence-electron chi connectivity index (χ2n) is 2.62. The third-order valence-electron chi connectivity index (χ3n) is 1.11. The van der Waals surface area contributed by atoms with Crippen LogP contribution in [-0.4, -0.2) is 16.9 Å². The average Bonchev–Trinajstić information content (AvgIpc) is 1.85. The molecule has 0 aromatic rings. The maximum Gasteiger partial charge on any atom is 0.193 e. The number of thioether (sulfide) groups is 1. The quantitative estimate of drug-likeness (QED) is 0.677. The van der Waals surface area contributed by atoms with E-state index in [0.717, 1.165) is 0 Å². The van der Waals surface area contributed by atoms with Gasteiger partial charge in [-0.15, -0.1) is 0 Å². The summed E-state index contributed by atoms with van der Waals surface area (Å²) >= 11 is 1.37. The van der Waals surface area contributed by atoms with E-state index < -0.39 is 0 Å². The Morgan fingerprint density at radius 2 is 2.00 bits per heavy atom. The summed E-state index contributed by atoms with van der Waals surface area (Å²) in [6.45, 7) is 6.33. The summed E-state index contributed by atoms with van der Waals surface area (Å²) in [6.07, 6.45) is 0. The molecule has 2 nitrogen and oxygen atoms in total. The molecular weight excluding hydrogens is 146 g/mol. The Hall–Kier alpha value is -0.0200. The molecule has 0 rings (SSSR count). The first-order chi connectivity index (χ1) is 4.57. The highest BCUT2D eigenvalue weighted by Crippen LogP contribution is 2.15. The van der Waals surface area contributed by atoms with E-state index >= 15 is 0 Å². The predicted molar refractivity (Wildman–Crippen MR) is 46.0 cm³/mol. The highest BCUT2D eigenvalue weighted by molar-refractivity contribution is 8.14. The predicted octanol–water partition coefficient (Wildman–Crippen LogP) is 1.25. The van der Waals surface area contributed by atoms with E-state index in [9.17, 15) is 4.79 Å². The number of nitrogens with two attached hydrogens (primary N) is 1. The van der Waals surface area contributed by atoms with Crippen molar-refractivity contribution < 1.29 is 4.79 Å². The van der Waals surface area contributed by atoms with E-state index in [-0.39, 0.29) is 11.0 Å². The topological polar surface area (TPSA) is 43.1 Å². The fourth-order valence-corrected chi connectivity index (χ4v) is 1.24. The zero-order chi connectivity index (χ0) is 8.15. The second-order valence-corrected chi connectivity index (χ2v) is 4.20. The largest absolute Gasteiger partial charge is 0.330 e. The van der Waals surface area contributed by atoms with Gasteiger partial charge in [-0.25, -0.2) is 0 Å². The summed E-state index contributed by atoms with van der Waals surface area (Å²) in [6, 6.07) is 0. The Morgan fingerprint density at radius 1 is 1.50 bits per heavy atom. The molecule has 1 atom stereocenters. The minimum absolute atomic E-state index is 0.00685. The Kier molecular flexibility index (Phi) is 4.73. The average molecular weight is 161 g/mol. The van der Waals surface area contributed by atoms with Gasteiger partial charge in [-0.2, -0.15) is 0 Å². The zero-order valence-corrected chi connectivity index (χ0v) is 7.57. The van der Waals surface area contributed by atoms with Gasteiger partial charge in [0.05, 0.1) is 0 Å². The van der Waals surface area contributed by atoms with Crippen LogP contribution in [0.5, 0.6) is 0 Å². The molecule has 0 saturated carbocycles. The van der Waals surface area contributed by atoms with Crippen LogP contribution in [0, 0.1) is 5.92 Å². The highest BCUT2D eigenvalue weighted by atomic mass is 32.2. The van der Waals surface area contributed by atoms with Crippen molar-refractivity contribution in [2.45, 2.75) is 26.0 Å². The maximum absolute atomic E-state index is 11.1. The number of hydrogen-bond acceptors (Lipinski definition) is 3. The van der Waals surface area contributed by atoms with Crippen molar-refractivity contribution in [1.29, 1.82) is 0 Å². The standard InChI is InChI=1S/C7H15NOS/c1-5(2)10-7(9)6(3)4-8/h5-6H,4,8H2,1-3H3. The normalized spacial score (nSPS) is 13.7. The van der Waals surface area contributed by atoms with E-state index in [0.29, 0.717) is 11.8 Å². The summed E-state index contributed by atoms with van der Waals surface area (Å²) in [7, 11) is 0. The van der Waals surface area contributed by atoms with Crippen molar-refractivity contribution >= 4 is 16.9 Å². The monoisotopic (exact) mass is 161 g/mol. The van der Waals surface area contributed by atoms with Gasteiger partial charge in [0.1, 0.15) is 0 Å². The molecule has 0 aromatic carbocycles. The van der Waals surface area contributed by atoms with Crippen LogP contribution >= 0.6 is 11.8 Å². The van der Waals surface area contributed by atoms with Crippen LogP contribution in [0.3, 0.4) is 0 Å². The van der Waals surface area contributed by atoms with Crippen LogP contribution in [0.1, 0.15) is 20.8 Å². The van der Waals surface area contributed by atoms with Gasteiger partial charge in [-0.1, -0.05) is 32.5 Å².